The molecule has 0 fully saturated rings. The summed E-state index contributed by atoms with van der Waals surface area (Å²) in [5.74, 6) is 0. The van der Waals surface area contributed by atoms with E-state index >= 15 is 0 Å². The molecule has 54 heavy (non-hydrogen) atoms. The van der Waals surface area contributed by atoms with Crippen LogP contribution in [0.15, 0.2) is 97.3 Å². The van der Waals surface area contributed by atoms with Gasteiger partial charge in [-0.15, -0.1) is 0 Å². The van der Waals surface area contributed by atoms with Crippen LogP contribution in [0.1, 0.15) is 67.0 Å². The molecule has 0 spiro atoms. The molecular weight excluding hydrogens is 669 g/mol. The molecule has 0 unspecified atom stereocenters. The summed E-state index contributed by atoms with van der Waals surface area (Å²) >= 11 is 0. The molecule has 2 aromatic heterocycles. The molecular formula is C44H16N10. The fourth-order valence-corrected chi connectivity index (χ4v) is 6.67. The van der Waals surface area contributed by atoms with Crippen LogP contribution in [0, 0.1) is 90.6 Å². The summed E-state index contributed by atoms with van der Waals surface area (Å²) in [6.07, 6.45) is 2.69. The number of rotatable bonds is 4. The zero-order valence-corrected chi connectivity index (χ0v) is 27.7. The van der Waals surface area contributed by atoms with E-state index in [1.807, 2.05) is 12.1 Å². The topological polar surface area (TPSA) is 216 Å². The molecule has 0 N–H and O–H groups in total. The van der Waals surface area contributed by atoms with Gasteiger partial charge in [0.15, 0.2) is 0 Å². The van der Waals surface area contributed by atoms with Crippen molar-refractivity contribution in [1.82, 2.24) is 9.97 Å². The number of benzene rings is 3. The number of allylic oxidation sites excluding steroid dienone is 8. The van der Waals surface area contributed by atoms with Gasteiger partial charge in [0, 0.05) is 45.8 Å². The molecule has 5 aromatic rings. The molecule has 0 saturated carbocycles. The predicted molar refractivity (Wildman–Crippen MR) is 196 cm³/mol. The van der Waals surface area contributed by atoms with Crippen LogP contribution in [0.3, 0.4) is 0 Å². The molecule has 0 bridgehead atoms. The maximum atomic E-state index is 10.8. The van der Waals surface area contributed by atoms with E-state index in [9.17, 15) is 42.1 Å². The second kappa shape index (κ2) is 13.6. The van der Waals surface area contributed by atoms with E-state index < -0.39 is 0 Å². The van der Waals surface area contributed by atoms with Crippen molar-refractivity contribution >= 4 is 44.6 Å². The van der Waals surface area contributed by atoms with Gasteiger partial charge in [-0.25, -0.2) is 0 Å². The third-order valence-corrected chi connectivity index (χ3v) is 9.09. The number of hydrogen-bond donors (Lipinski definition) is 0. The van der Waals surface area contributed by atoms with Gasteiger partial charge in [-0.1, -0.05) is 24.3 Å². The van der Waals surface area contributed by atoms with Crippen LogP contribution >= 0.6 is 0 Å². The number of aromatic nitrogens is 2. The number of pyridine rings is 2. The van der Waals surface area contributed by atoms with Crippen LogP contribution in [0.5, 0.6) is 0 Å². The summed E-state index contributed by atoms with van der Waals surface area (Å²) in [6.45, 7) is 0. The Hall–Kier alpha value is -9.16. The first-order valence-corrected chi connectivity index (χ1v) is 15.9. The predicted octanol–water partition coefficient (Wildman–Crippen LogP) is 7.73. The number of hydrogen-bond acceptors (Lipinski definition) is 10. The van der Waals surface area contributed by atoms with Gasteiger partial charge < -0.3 is 0 Å². The minimum Gasteiger partial charge on any atom is -0.254 e. The van der Waals surface area contributed by atoms with E-state index in [1.165, 1.54) is 24.5 Å². The maximum absolute atomic E-state index is 10.8. The van der Waals surface area contributed by atoms with Gasteiger partial charge >= 0.3 is 0 Å². The van der Waals surface area contributed by atoms with Crippen molar-refractivity contribution in [3.05, 3.63) is 164 Å². The van der Waals surface area contributed by atoms with Gasteiger partial charge in [-0.3, -0.25) is 9.97 Å². The van der Waals surface area contributed by atoms with Crippen molar-refractivity contribution in [2.45, 2.75) is 0 Å². The summed E-state index contributed by atoms with van der Waals surface area (Å²) in [4.78, 5) is 8.80. The second-order valence-electron chi connectivity index (χ2n) is 11.9. The van der Waals surface area contributed by atoms with Crippen molar-refractivity contribution in [3.63, 3.8) is 0 Å². The molecule has 3 aromatic carbocycles. The van der Waals surface area contributed by atoms with E-state index in [1.54, 1.807) is 72.8 Å². The van der Waals surface area contributed by atoms with Crippen LogP contribution in [0.4, 0.5) is 0 Å². The summed E-state index contributed by atoms with van der Waals surface area (Å²) in [7, 11) is 0. The van der Waals surface area contributed by atoms with Crippen LogP contribution in [-0.4, -0.2) is 9.97 Å². The fraction of sp³-hybridized carbons (Fsp3) is 0. The van der Waals surface area contributed by atoms with Crippen LogP contribution in [0.2, 0.25) is 0 Å². The monoisotopic (exact) mass is 684 g/mol. The van der Waals surface area contributed by atoms with Gasteiger partial charge in [0.2, 0.25) is 0 Å². The van der Waals surface area contributed by atoms with E-state index in [0.717, 1.165) is 0 Å². The molecule has 0 saturated heterocycles. The van der Waals surface area contributed by atoms with Crippen molar-refractivity contribution in [2.75, 3.05) is 0 Å². The Morgan fingerprint density at radius 3 is 1.02 bits per heavy atom. The number of fused-ring (bicyclic) bond motifs is 2. The standard InChI is InChI=1S/C44H16N10/c45-15-25-1-7-29(8-2-25)41-35(19-49)31-13-34-32(14-33(31)43(41)37(21-51)39-11-5-27(17-47)23-53-39)36(20-50)42(30-9-3-26(16-46)4-10-30)44(34)38(22-52)40-12-6-28(18-48)24-54-40/h1-14,23-24H/b43-37-,44-38-. The highest BCUT2D eigenvalue weighted by molar-refractivity contribution is 6.34. The molecule has 0 atom stereocenters. The van der Waals surface area contributed by atoms with Gasteiger partial charge in [0.1, 0.15) is 36.4 Å². The van der Waals surface area contributed by atoms with Crippen molar-refractivity contribution in [1.29, 1.82) is 42.1 Å². The first kappa shape index (κ1) is 33.3. The van der Waals surface area contributed by atoms with Crippen molar-refractivity contribution in [2.24, 2.45) is 0 Å². The Labute approximate surface area is 308 Å². The number of nitriles is 8. The molecule has 0 amide bonds. The summed E-state index contributed by atoms with van der Waals surface area (Å²) in [6, 6.07) is 40.2. The van der Waals surface area contributed by atoms with E-state index in [0.29, 0.717) is 66.8 Å². The quantitative estimate of drug-likeness (QED) is 0.168. The molecule has 0 radical (unpaired) electrons. The third kappa shape index (κ3) is 5.31. The Kier molecular flexibility index (Phi) is 8.41. The normalized spacial score (nSPS) is 14.1. The van der Waals surface area contributed by atoms with Crippen molar-refractivity contribution in [3.8, 4) is 48.6 Å². The van der Waals surface area contributed by atoms with Gasteiger partial charge in [-0.2, -0.15) is 42.1 Å². The highest BCUT2D eigenvalue weighted by Crippen LogP contribution is 2.55. The zero-order valence-electron chi connectivity index (χ0n) is 27.7. The summed E-state index contributed by atoms with van der Waals surface area (Å²) < 4.78 is 0. The van der Waals surface area contributed by atoms with E-state index in [4.69, 9.17) is 0 Å². The van der Waals surface area contributed by atoms with Crippen LogP contribution < -0.4 is 0 Å². The van der Waals surface area contributed by atoms with E-state index in [2.05, 4.69) is 46.4 Å². The Morgan fingerprint density at radius 2 is 0.741 bits per heavy atom. The Bertz CT molecular complexity index is 2750. The summed E-state index contributed by atoms with van der Waals surface area (Å²) in [5.41, 5.74) is 6.83. The number of nitrogens with zero attached hydrogens (tertiary/aromatic N) is 10. The van der Waals surface area contributed by atoms with Gasteiger partial charge in [0.05, 0.1) is 68.1 Å². The molecule has 2 aliphatic carbocycles. The first-order valence-electron chi connectivity index (χ1n) is 15.9. The Balaban J connectivity index is 1.61. The minimum atomic E-state index is 0.105. The molecule has 2 heterocycles. The lowest BCUT2D eigenvalue weighted by molar-refractivity contribution is 1.26. The molecule has 0 aliphatic heterocycles. The lowest BCUT2D eigenvalue weighted by atomic mass is 9.88. The lowest BCUT2D eigenvalue weighted by Crippen LogP contribution is -1.98. The third-order valence-electron chi connectivity index (χ3n) is 9.09. The molecule has 7 rings (SSSR count). The fourth-order valence-electron chi connectivity index (χ4n) is 6.67. The van der Waals surface area contributed by atoms with Gasteiger partial charge in [0.25, 0.3) is 0 Å². The second-order valence-corrected chi connectivity index (χ2v) is 11.9. The minimum absolute atomic E-state index is 0.105. The van der Waals surface area contributed by atoms with Gasteiger partial charge in [-0.05, 0) is 82.9 Å². The largest absolute Gasteiger partial charge is 0.254 e. The average molecular weight is 685 g/mol. The summed E-state index contributed by atoms with van der Waals surface area (Å²) in [5, 5.41) is 80.8. The smallest absolute Gasteiger partial charge is 0.102 e. The highest BCUT2D eigenvalue weighted by atomic mass is 14.7. The SMILES string of the molecule is N#CC1=C(c2ccc(C#N)cc2)/C(=C(/C#N)c2ccc(C#N)cn2)c2cc3c(cc21)/C(=C(\C#N)c1ccc(C#N)cn1)C(c1ccc(C#N)cc1)=C3C#N. The first-order chi connectivity index (χ1) is 26.4. The highest BCUT2D eigenvalue weighted by Gasteiger charge is 2.37. The molecule has 10 nitrogen and oxygen atoms in total. The molecule has 10 heteroatoms. The van der Waals surface area contributed by atoms with E-state index in [-0.39, 0.29) is 44.8 Å². The van der Waals surface area contributed by atoms with Crippen LogP contribution in [0.25, 0.3) is 44.6 Å². The molecule has 242 valence electrons. The average Bonchev–Trinajstić information content (AvgIpc) is 3.72. The zero-order chi connectivity index (χ0) is 37.9. The van der Waals surface area contributed by atoms with Crippen molar-refractivity contribution < 1.29 is 0 Å². The van der Waals surface area contributed by atoms with Crippen LogP contribution in [-0.2, 0) is 0 Å². The maximum Gasteiger partial charge on any atom is 0.102 e. The molecule has 2 aliphatic rings. The lowest BCUT2D eigenvalue weighted by Gasteiger charge is -2.14. The Morgan fingerprint density at radius 1 is 0.389 bits per heavy atom.